The Balaban J connectivity index is 1.61. The molecule has 3 rings (SSSR count). The number of nitrogens with zero attached hydrogens (tertiary/aromatic N) is 1. The number of nitrogens with one attached hydrogen (secondary N) is 1. The Morgan fingerprint density at radius 3 is 2.78 bits per heavy atom. The van der Waals surface area contributed by atoms with Crippen LogP contribution in [0.2, 0.25) is 4.34 Å². The van der Waals surface area contributed by atoms with Crippen LogP contribution in [0.15, 0.2) is 35.7 Å². The number of benzene rings is 1. The van der Waals surface area contributed by atoms with Gasteiger partial charge in [0.2, 0.25) is 5.91 Å². The average Bonchev–Trinajstić information content (AvgIpc) is 3.29. The van der Waals surface area contributed by atoms with E-state index in [0.717, 1.165) is 0 Å². The summed E-state index contributed by atoms with van der Waals surface area (Å²) in [4.78, 5) is 28.9. The highest BCUT2D eigenvalue weighted by atomic mass is 35.5. The maximum absolute atomic E-state index is 13.5. The summed E-state index contributed by atoms with van der Waals surface area (Å²) < 4.78 is 19.3. The molecule has 0 saturated heterocycles. The third kappa shape index (κ3) is 4.91. The third-order valence-corrected chi connectivity index (χ3v) is 5.65. The number of thiazole rings is 1. The number of rotatable bonds is 7. The molecule has 9 heteroatoms. The Labute approximate surface area is 167 Å². The van der Waals surface area contributed by atoms with Crippen LogP contribution >= 0.6 is 34.3 Å². The lowest BCUT2D eigenvalue weighted by molar-refractivity contribution is -0.116. The Morgan fingerprint density at radius 2 is 2.07 bits per heavy atom. The number of ether oxygens (including phenoxy) is 1. The molecule has 0 atom stereocenters. The number of ketones is 1. The Bertz CT molecular complexity index is 987. The fourth-order valence-corrected chi connectivity index (χ4v) is 4.07. The molecular formula is C18H14ClFN2O3S2. The molecule has 0 aliphatic carbocycles. The highest BCUT2D eigenvalue weighted by molar-refractivity contribution is 7.18. The first-order chi connectivity index (χ1) is 13.0. The van der Waals surface area contributed by atoms with Crippen LogP contribution in [0.3, 0.4) is 0 Å². The van der Waals surface area contributed by atoms with E-state index in [1.807, 2.05) is 0 Å². The zero-order valence-corrected chi connectivity index (χ0v) is 16.5. The number of hydrogen-bond acceptors (Lipinski definition) is 6. The van der Waals surface area contributed by atoms with Gasteiger partial charge < -0.3 is 10.1 Å². The lowest BCUT2D eigenvalue weighted by Crippen LogP contribution is -2.13. The molecule has 0 unspecified atom stereocenters. The summed E-state index contributed by atoms with van der Waals surface area (Å²) in [5.74, 6) is -0.374. The normalized spacial score (nSPS) is 10.6. The lowest BCUT2D eigenvalue weighted by atomic mass is 10.1. The van der Waals surface area contributed by atoms with Crippen LogP contribution < -0.4 is 10.1 Å². The van der Waals surface area contributed by atoms with E-state index in [2.05, 4.69) is 10.3 Å². The second kappa shape index (κ2) is 8.60. The summed E-state index contributed by atoms with van der Waals surface area (Å²) in [6, 6.07) is 7.44. The molecule has 1 N–H and O–H groups in total. The van der Waals surface area contributed by atoms with Crippen LogP contribution in [0.1, 0.15) is 22.5 Å². The first kappa shape index (κ1) is 19.5. The number of carbonyl (C=O) groups excluding carboxylic acids is 2. The van der Waals surface area contributed by atoms with Gasteiger partial charge in [0.1, 0.15) is 11.6 Å². The van der Waals surface area contributed by atoms with Gasteiger partial charge in [0.25, 0.3) is 0 Å². The topological polar surface area (TPSA) is 68.3 Å². The number of carbonyl (C=O) groups is 2. The quantitative estimate of drug-likeness (QED) is 0.524. The van der Waals surface area contributed by atoms with Gasteiger partial charge in [0, 0.05) is 23.8 Å². The smallest absolute Gasteiger partial charge is 0.226 e. The summed E-state index contributed by atoms with van der Waals surface area (Å²) in [5.41, 5.74) is 0.995. The number of Topliss-reactive ketones (excluding diaryl/α,β-unsaturated/α-hetero) is 1. The van der Waals surface area contributed by atoms with Crippen LogP contribution in [-0.2, 0) is 4.79 Å². The van der Waals surface area contributed by atoms with Gasteiger partial charge in [-0.2, -0.15) is 0 Å². The van der Waals surface area contributed by atoms with E-state index in [1.165, 1.54) is 48.0 Å². The van der Waals surface area contributed by atoms with Crippen molar-refractivity contribution in [2.75, 3.05) is 12.4 Å². The van der Waals surface area contributed by atoms with Gasteiger partial charge >= 0.3 is 0 Å². The molecular weight excluding hydrogens is 411 g/mol. The van der Waals surface area contributed by atoms with Crippen LogP contribution in [0.4, 0.5) is 9.52 Å². The molecule has 1 aromatic carbocycles. The molecule has 0 saturated carbocycles. The number of hydrogen-bond donors (Lipinski definition) is 1. The first-order valence-electron chi connectivity index (χ1n) is 7.84. The highest BCUT2D eigenvalue weighted by Gasteiger charge is 2.15. The monoisotopic (exact) mass is 424 g/mol. The van der Waals surface area contributed by atoms with E-state index >= 15 is 0 Å². The second-order valence-corrected chi connectivity index (χ2v) is 8.03. The fraction of sp³-hybridized carbons (Fsp3) is 0.167. The van der Waals surface area contributed by atoms with Gasteiger partial charge in [0.05, 0.1) is 22.0 Å². The van der Waals surface area contributed by atoms with Crippen LogP contribution in [0.25, 0.3) is 11.3 Å². The number of halogens is 2. The first-order valence-corrected chi connectivity index (χ1v) is 9.91. The predicted octanol–water partition coefficient (Wildman–Crippen LogP) is 5.27. The standard InChI is InChI=1S/C18H14ClFN2O3S2/c1-25-14-4-2-10(20)8-11(14)12-9-26-18(21-12)22-17(24)7-3-13(23)15-5-6-16(19)27-15/h2,4-6,8-9H,3,7H2,1H3,(H,21,22,24). The van der Waals surface area contributed by atoms with Gasteiger partial charge in [-0.3, -0.25) is 9.59 Å². The summed E-state index contributed by atoms with van der Waals surface area (Å²) in [6.07, 6.45) is 0.116. The van der Waals surface area contributed by atoms with E-state index in [1.54, 1.807) is 17.5 Å². The van der Waals surface area contributed by atoms with Crippen molar-refractivity contribution in [3.05, 3.63) is 50.7 Å². The zero-order valence-electron chi connectivity index (χ0n) is 14.1. The minimum atomic E-state index is -0.406. The molecule has 0 fully saturated rings. The SMILES string of the molecule is COc1ccc(F)cc1-c1csc(NC(=O)CCC(=O)c2ccc(Cl)s2)n1. The number of aromatic nitrogens is 1. The van der Waals surface area contributed by atoms with Gasteiger partial charge in [-0.1, -0.05) is 11.6 Å². The number of methoxy groups -OCH3 is 1. The van der Waals surface area contributed by atoms with Gasteiger partial charge in [-0.25, -0.2) is 9.37 Å². The average molecular weight is 425 g/mol. The second-order valence-electron chi connectivity index (χ2n) is 5.46. The molecule has 0 radical (unpaired) electrons. The summed E-state index contributed by atoms with van der Waals surface area (Å²) >= 11 is 8.21. The van der Waals surface area contributed by atoms with Crippen molar-refractivity contribution in [2.24, 2.45) is 0 Å². The maximum atomic E-state index is 13.5. The summed E-state index contributed by atoms with van der Waals surface area (Å²) in [6.45, 7) is 0. The van der Waals surface area contributed by atoms with E-state index in [9.17, 15) is 14.0 Å². The van der Waals surface area contributed by atoms with Crippen molar-refractivity contribution in [1.29, 1.82) is 0 Å². The Morgan fingerprint density at radius 1 is 1.26 bits per heavy atom. The van der Waals surface area contributed by atoms with Crippen LogP contribution in [-0.4, -0.2) is 23.8 Å². The molecule has 0 spiro atoms. The van der Waals surface area contributed by atoms with Crippen molar-refractivity contribution in [2.45, 2.75) is 12.8 Å². The molecule has 140 valence electrons. The molecule has 2 heterocycles. The van der Waals surface area contributed by atoms with Gasteiger partial charge in [0.15, 0.2) is 10.9 Å². The Kier molecular flexibility index (Phi) is 6.20. The van der Waals surface area contributed by atoms with Gasteiger partial charge in [-0.15, -0.1) is 22.7 Å². The van der Waals surface area contributed by atoms with Crippen molar-refractivity contribution >= 4 is 51.1 Å². The molecule has 2 aromatic heterocycles. The van der Waals surface area contributed by atoms with E-state index < -0.39 is 5.82 Å². The van der Waals surface area contributed by atoms with Crippen LogP contribution in [0.5, 0.6) is 5.75 Å². The van der Waals surface area contributed by atoms with Crippen molar-refractivity contribution in [1.82, 2.24) is 4.98 Å². The van der Waals surface area contributed by atoms with Crippen molar-refractivity contribution < 1.29 is 18.7 Å². The molecule has 3 aromatic rings. The predicted molar refractivity (Wildman–Crippen MR) is 106 cm³/mol. The third-order valence-electron chi connectivity index (χ3n) is 3.62. The maximum Gasteiger partial charge on any atom is 0.226 e. The van der Waals surface area contributed by atoms with E-state index in [4.69, 9.17) is 16.3 Å². The molecule has 1 amide bonds. The number of amides is 1. The van der Waals surface area contributed by atoms with Crippen molar-refractivity contribution in [3.8, 4) is 17.0 Å². The van der Waals surface area contributed by atoms with Crippen LogP contribution in [0, 0.1) is 5.82 Å². The Hall–Kier alpha value is -2.29. The van der Waals surface area contributed by atoms with Gasteiger partial charge in [-0.05, 0) is 30.3 Å². The van der Waals surface area contributed by atoms with E-state index in [0.29, 0.717) is 31.4 Å². The van der Waals surface area contributed by atoms with Crippen molar-refractivity contribution in [3.63, 3.8) is 0 Å². The lowest BCUT2D eigenvalue weighted by Gasteiger charge is -2.06. The largest absolute Gasteiger partial charge is 0.496 e. The summed E-state index contributed by atoms with van der Waals surface area (Å²) in [5, 5.41) is 4.72. The zero-order chi connectivity index (χ0) is 19.4. The minimum absolute atomic E-state index is 0.0343. The molecule has 0 bridgehead atoms. The van der Waals surface area contributed by atoms with E-state index in [-0.39, 0.29) is 24.5 Å². The molecule has 27 heavy (non-hydrogen) atoms. The molecule has 0 aliphatic heterocycles. The number of thiophene rings is 1. The minimum Gasteiger partial charge on any atom is -0.496 e. The fourth-order valence-electron chi connectivity index (χ4n) is 2.33. The summed E-state index contributed by atoms with van der Waals surface area (Å²) in [7, 11) is 1.49. The molecule has 5 nitrogen and oxygen atoms in total. The molecule has 0 aliphatic rings. The number of anilines is 1. The highest BCUT2D eigenvalue weighted by Crippen LogP contribution is 2.32.